The topological polar surface area (TPSA) is 26.3 Å². The summed E-state index contributed by atoms with van der Waals surface area (Å²) >= 11 is 0. The van der Waals surface area contributed by atoms with Crippen molar-refractivity contribution in [3.05, 3.63) is 12.7 Å². The molecular weight excluding hydrogens is 368 g/mol. The minimum absolute atomic E-state index is 0.0356. The van der Waals surface area contributed by atoms with E-state index in [1.807, 2.05) is 0 Å². The molecule has 0 aromatic heterocycles. The molecule has 0 amide bonds. The normalized spacial score (nSPS) is 12.1. The Morgan fingerprint density at radius 1 is 0.667 bits per heavy atom. The van der Waals surface area contributed by atoms with Crippen LogP contribution in [0.1, 0.15) is 149 Å². The minimum atomic E-state index is -0.0356. The van der Waals surface area contributed by atoms with Gasteiger partial charge in [-0.2, -0.15) is 0 Å². The van der Waals surface area contributed by atoms with Gasteiger partial charge in [0.1, 0.15) is 6.61 Å². The summed E-state index contributed by atoms with van der Waals surface area (Å²) < 4.78 is 5.25. The maximum Gasteiger partial charge on any atom is 0.306 e. The molecular formula is C28H54O2. The number of carbonyl (C=O) groups excluding carboxylic acids is 1. The first kappa shape index (κ1) is 29.2. The zero-order chi connectivity index (χ0) is 22.1. The second kappa shape index (κ2) is 24.5. The summed E-state index contributed by atoms with van der Waals surface area (Å²) in [4.78, 5) is 12.1. The average Bonchev–Trinajstić information content (AvgIpc) is 2.75. The van der Waals surface area contributed by atoms with Gasteiger partial charge in [0, 0.05) is 6.42 Å². The fraction of sp³-hybridized carbons (Fsp3) is 0.893. The molecule has 0 fully saturated rings. The van der Waals surface area contributed by atoms with Gasteiger partial charge in [0.25, 0.3) is 0 Å². The van der Waals surface area contributed by atoms with Gasteiger partial charge in [-0.15, -0.1) is 0 Å². The monoisotopic (exact) mass is 422 g/mol. The standard InChI is InChI=1S/C28H54O2/c1-4-7-9-11-13-15-16-18-20-22-24-27(26-28(29)30-25-6-3)23-21-19-17-14-12-10-8-5-2/h6,27H,3-5,7-26H2,1-2H3. The van der Waals surface area contributed by atoms with Gasteiger partial charge < -0.3 is 4.74 Å². The molecule has 0 aliphatic heterocycles. The van der Waals surface area contributed by atoms with E-state index in [0.29, 0.717) is 18.9 Å². The van der Waals surface area contributed by atoms with Crippen LogP contribution in [0.25, 0.3) is 0 Å². The molecule has 178 valence electrons. The van der Waals surface area contributed by atoms with E-state index in [9.17, 15) is 4.79 Å². The molecule has 0 spiro atoms. The highest BCUT2D eigenvalue weighted by Crippen LogP contribution is 2.23. The van der Waals surface area contributed by atoms with E-state index in [1.165, 1.54) is 128 Å². The smallest absolute Gasteiger partial charge is 0.306 e. The summed E-state index contributed by atoms with van der Waals surface area (Å²) in [6, 6.07) is 0. The molecule has 0 bridgehead atoms. The molecule has 0 aliphatic carbocycles. The molecule has 0 aliphatic rings. The van der Waals surface area contributed by atoms with Crippen LogP contribution in [-0.2, 0) is 9.53 Å². The Kier molecular flexibility index (Phi) is 23.8. The first-order chi connectivity index (χ1) is 14.7. The number of carbonyl (C=O) groups is 1. The predicted molar refractivity (Wildman–Crippen MR) is 133 cm³/mol. The molecule has 0 rings (SSSR count). The number of rotatable bonds is 24. The fourth-order valence-electron chi connectivity index (χ4n) is 4.28. The summed E-state index contributed by atoms with van der Waals surface area (Å²) in [5.74, 6) is 0.475. The molecule has 0 heterocycles. The summed E-state index contributed by atoms with van der Waals surface area (Å²) in [7, 11) is 0. The van der Waals surface area contributed by atoms with Gasteiger partial charge in [0.05, 0.1) is 0 Å². The van der Waals surface area contributed by atoms with Crippen LogP contribution >= 0.6 is 0 Å². The van der Waals surface area contributed by atoms with Gasteiger partial charge in [-0.3, -0.25) is 4.79 Å². The van der Waals surface area contributed by atoms with Crippen molar-refractivity contribution in [3.63, 3.8) is 0 Å². The first-order valence-electron chi connectivity index (χ1n) is 13.5. The van der Waals surface area contributed by atoms with E-state index in [4.69, 9.17) is 4.74 Å². The molecule has 0 saturated heterocycles. The Bertz CT molecular complexity index is 364. The number of esters is 1. The molecule has 1 unspecified atom stereocenters. The van der Waals surface area contributed by atoms with E-state index >= 15 is 0 Å². The number of unbranched alkanes of at least 4 members (excludes halogenated alkanes) is 16. The lowest BCUT2D eigenvalue weighted by Crippen LogP contribution is -2.12. The van der Waals surface area contributed by atoms with Crippen LogP contribution in [0.5, 0.6) is 0 Å². The Labute approximate surface area is 189 Å². The van der Waals surface area contributed by atoms with Crippen molar-refractivity contribution < 1.29 is 9.53 Å². The molecule has 2 nitrogen and oxygen atoms in total. The largest absolute Gasteiger partial charge is 0.461 e. The number of hydrogen-bond donors (Lipinski definition) is 0. The molecule has 1 atom stereocenters. The lowest BCUT2D eigenvalue weighted by molar-refractivity contribution is -0.143. The first-order valence-corrected chi connectivity index (χ1v) is 13.5. The van der Waals surface area contributed by atoms with Crippen LogP contribution in [0.3, 0.4) is 0 Å². The lowest BCUT2D eigenvalue weighted by atomic mass is 9.91. The van der Waals surface area contributed by atoms with Crippen LogP contribution < -0.4 is 0 Å². The van der Waals surface area contributed by atoms with Crippen molar-refractivity contribution in [2.45, 2.75) is 149 Å². The van der Waals surface area contributed by atoms with Crippen molar-refractivity contribution in [2.24, 2.45) is 5.92 Å². The van der Waals surface area contributed by atoms with Gasteiger partial charge >= 0.3 is 5.97 Å². The predicted octanol–water partition coefficient (Wildman–Crippen LogP) is 9.56. The van der Waals surface area contributed by atoms with Gasteiger partial charge in [-0.25, -0.2) is 0 Å². The molecule has 0 aromatic rings. The molecule has 30 heavy (non-hydrogen) atoms. The molecule has 2 heteroatoms. The maximum absolute atomic E-state index is 12.1. The SMILES string of the molecule is C=CCOC(=O)CC(CCCCCCCCCC)CCCCCCCCCCCC. The zero-order valence-corrected chi connectivity index (χ0v) is 20.7. The highest BCUT2D eigenvalue weighted by molar-refractivity contribution is 5.69. The molecule has 0 N–H and O–H groups in total. The van der Waals surface area contributed by atoms with E-state index in [1.54, 1.807) is 6.08 Å². The highest BCUT2D eigenvalue weighted by Gasteiger charge is 2.14. The summed E-state index contributed by atoms with van der Waals surface area (Å²) in [6.45, 7) is 8.54. The Morgan fingerprint density at radius 3 is 1.40 bits per heavy atom. The second-order valence-electron chi connectivity index (χ2n) is 9.28. The molecule has 0 radical (unpaired) electrons. The van der Waals surface area contributed by atoms with Gasteiger partial charge in [-0.05, 0) is 18.8 Å². The third-order valence-corrected chi connectivity index (χ3v) is 6.25. The van der Waals surface area contributed by atoms with Crippen LogP contribution in [0.2, 0.25) is 0 Å². The van der Waals surface area contributed by atoms with Crippen LogP contribution in [-0.4, -0.2) is 12.6 Å². The molecule has 0 aromatic carbocycles. The van der Waals surface area contributed by atoms with Crippen LogP contribution in [0, 0.1) is 5.92 Å². The average molecular weight is 423 g/mol. The summed E-state index contributed by atoms with van der Waals surface area (Å²) in [5.41, 5.74) is 0. The van der Waals surface area contributed by atoms with Crippen LogP contribution in [0.15, 0.2) is 12.7 Å². The highest BCUT2D eigenvalue weighted by atomic mass is 16.5. The van der Waals surface area contributed by atoms with Crippen LogP contribution in [0.4, 0.5) is 0 Å². The van der Waals surface area contributed by atoms with Gasteiger partial charge in [0.15, 0.2) is 0 Å². The van der Waals surface area contributed by atoms with Crippen molar-refractivity contribution in [1.82, 2.24) is 0 Å². The van der Waals surface area contributed by atoms with E-state index < -0.39 is 0 Å². The third kappa shape index (κ3) is 21.9. The maximum atomic E-state index is 12.1. The summed E-state index contributed by atoms with van der Waals surface area (Å²) in [5, 5.41) is 0. The number of hydrogen-bond acceptors (Lipinski definition) is 2. The van der Waals surface area contributed by atoms with Crippen molar-refractivity contribution in [1.29, 1.82) is 0 Å². The minimum Gasteiger partial charge on any atom is -0.461 e. The zero-order valence-electron chi connectivity index (χ0n) is 20.7. The Balaban J connectivity index is 3.87. The second-order valence-corrected chi connectivity index (χ2v) is 9.28. The quantitative estimate of drug-likeness (QED) is 0.0879. The van der Waals surface area contributed by atoms with Crippen molar-refractivity contribution >= 4 is 5.97 Å². The van der Waals surface area contributed by atoms with Crippen molar-refractivity contribution in [2.75, 3.05) is 6.61 Å². The van der Waals surface area contributed by atoms with E-state index in [2.05, 4.69) is 20.4 Å². The van der Waals surface area contributed by atoms with Gasteiger partial charge in [0.2, 0.25) is 0 Å². The lowest BCUT2D eigenvalue weighted by Gasteiger charge is -2.16. The van der Waals surface area contributed by atoms with E-state index in [-0.39, 0.29) is 5.97 Å². The molecule has 0 saturated carbocycles. The Morgan fingerprint density at radius 2 is 1.03 bits per heavy atom. The fourth-order valence-corrected chi connectivity index (χ4v) is 4.28. The van der Waals surface area contributed by atoms with E-state index in [0.717, 1.165) is 0 Å². The van der Waals surface area contributed by atoms with Gasteiger partial charge in [-0.1, -0.05) is 142 Å². The summed E-state index contributed by atoms with van der Waals surface area (Å²) in [6.07, 6.45) is 29.2. The Hall–Kier alpha value is -0.790. The third-order valence-electron chi connectivity index (χ3n) is 6.25. The van der Waals surface area contributed by atoms with Crippen molar-refractivity contribution in [3.8, 4) is 0 Å². The number of ether oxygens (including phenoxy) is 1.